The minimum atomic E-state index is -5.51. The summed E-state index contributed by atoms with van der Waals surface area (Å²) < 4.78 is 62.0. The van der Waals surface area contributed by atoms with E-state index in [4.69, 9.17) is 0 Å². The summed E-state index contributed by atoms with van der Waals surface area (Å²) in [6.07, 6.45) is 4.41. The average molecular weight is 258 g/mol. The van der Waals surface area contributed by atoms with Crippen molar-refractivity contribution < 1.29 is 25.8 Å². The lowest BCUT2D eigenvalue weighted by atomic mass is 10.1. The molecule has 16 heavy (non-hydrogen) atoms. The smallest absolute Gasteiger partial charge is 0.381 e. The predicted octanol–water partition coefficient (Wildman–Crippen LogP) is 2.95. The van der Waals surface area contributed by atoms with Crippen LogP contribution in [0.2, 0.25) is 0 Å². The van der Waals surface area contributed by atoms with Crippen molar-refractivity contribution in [1.82, 2.24) is 0 Å². The standard InChI is InChI=1S/C9H13F3O3S/c1-2-8(7-5-3-4-6-7)15-16(13,14)9(10,11)12/h2,7H,3-6H2,1H3. The predicted molar refractivity (Wildman–Crippen MR) is 51.8 cm³/mol. The van der Waals surface area contributed by atoms with E-state index in [0.717, 1.165) is 12.8 Å². The molecule has 1 aliphatic carbocycles. The molecule has 7 heteroatoms. The summed E-state index contributed by atoms with van der Waals surface area (Å²) in [7, 11) is -5.51. The normalized spacial score (nSPS) is 20.1. The number of hydrogen-bond donors (Lipinski definition) is 0. The fourth-order valence-corrected chi connectivity index (χ4v) is 2.32. The molecule has 94 valence electrons. The summed E-state index contributed by atoms with van der Waals surface area (Å²) in [4.78, 5) is 0. The van der Waals surface area contributed by atoms with E-state index in [2.05, 4.69) is 4.18 Å². The molecular formula is C9H13F3O3S. The Morgan fingerprint density at radius 2 is 1.81 bits per heavy atom. The first kappa shape index (κ1) is 13.3. The minimum absolute atomic E-state index is 0.0881. The highest BCUT2D eigenvalue weighted by atomic mass is 32.2. The molecule has 0 aliphatic heterocycles. The summed E-state index contributed by atoms with van der Waals surface area (Å²) in [6.45, 7) is 1.47. The molecule has 0 radical (unpaired) electrons. The van der Waals surface area contributed by atoms with Crippen molar-refractivity contribution >= 4 is 10.1 Å². The Hall–Kier alpha value is -0.720. The molecular weight excluding hydrogens is 245 g/mol. The molecule has 0 amide bonds. The van der Waals surface area contributed by atoms with Gasteiger partial charge < -0.3 is 4.18 Å². The molecule has 0 N–H and O–H groups in total. The van der Waals surface area contributed by atoms with Gasteiger partial charge in [0.05, 0.1) is 0 Å². The molecule has 1 saturated carbocycles. The minimum Gasteiger partial charge on any atom is -0.381 e. The van der Waals surface area contributed by atoms with Gasteiger partial charge in [-0.25, -0.2) is 0 Å². The second kappa shape index (κ2) is 4.65. The highest BCUT2D eigenvalue weighted by molar-refractivity contribution is 7.87. The van der Waals surface area contributed by atoms with Gasteiger partial charge >= 0.3 is 15.6 Å². The maximum absolute atomic E-state index is 12.1. The van der Waals surface area contributed by atoms with Crippen molar-refractivity contribution in [2.75, 3.05) is 0 Å². The van der Waals surface area contributed by atoms with Crippen molar-refractivity contribution in [3.63, 3.8) is 0 Å². The van der Waals surface area contributed by atoms with Gasteiger partial charge in [-0.15, -0.1) is 0 Å². The summed E-state index contributed by atoms with van der Waals surface area (Å²) in [5, 5.41) is 0. The molecule has 1 fully saturated rings. The highest BCUT2D eigenvalue weighted by Crippen LogP contribution is 2.35. The van der Waals surface area contributed by atoms with Crippen LogP contribution < -0.4 is 0 Å². The number of halogens is 3. The van der Waals surface area contributed by atoms with E-state index < -0.39 is 15.6 Å². The fourth-order valence-electron chi connectivity index (χ4n) is 1.74. The lowest BCUT2D eigenvalue weighted by Crippen LogP contribution is -2.26. The van der Waals surface area contributed by atoms with Crippen LogP contribution in [0.1, 0.15) is 32.6 Å². The van der Waals surface area contributed by atoms with Crippen LogP contribution in [0.15, 0.2) is 11.8 Å². The van der Waals surface area contributed by atoms with Crippen LogP contribution in [-0.4, -0.2) is 13.9 Å². The van der Waals surface area contributed by atoms with Crippen LogP contribution in [0.4, 0.5) is 13.2 Å². The van der Waals surface area contributed by atoms with E-state index in [0.29, 0.717) is 12.8 Å². The fraction of sp³-hybridized carbons (Fsp3) is 0.778. The first-order valence-electron chi connectivity index (χ1n) is 4.95. The number of alkyl halides is 3. The molecule has 1 aliphatic rings. The zero-order valence-electron chi connectivity index (χ0n) is 8.75. The quantitative estimate of drug-likeness (QED) is 0.444. The largest absolute Gasteiger partial charge is 0.534 e. The van der Waals surface area contributed by atoms with Gasteiger partial charge in [0.15, 0.2) is 0 Å². The summed E-state index contributed by atoms with van der Waals surface area (Å²) in [5.41, 5.74) is -5.36. The molecule has 0 aromatic heterocycles. The van der Waals surface area contributed by atoms with Gasteiger partial charge in [0, 0.05) is 5.92 Å². The maximum atomic E-state index is 12.1. The van der Waals surface area contributed by atoms with Gasteiger partial charge in [-0.3, -0.25) is 0 Å². The Kier molecular flexibility index (Phi) is 3.88. The summed E-state index contributed by atoms with van der Waals surface area (Å²) in [5.74, 6) is -0.294. The monoisotopic (exact) mass is 258 g/mol. The maximum Gasteiger partial charge on any atom is 0.534 e. The van der Waals surface area contributed by atoms with Crippen LogP contribution in [0.3, 0.4) is 0 Å². The Morgan fingerprint density at radius 1 is 1.31 bits per heavy atom. The summed E-state index contributed by atoms with van der Waals surface area (Å²) >= 11 is 0. The van der Waals surface area contributed by atoms with Gasteiger partial charge in [-0.1, -0.05) is 12.8 Å². The van der Waals surface area contributed by atoms with Gasteiger partial charge in [-0.2, -0.15) is 21.6 Å². The van der Waals surface area contributed by atoms with Gasteiger partial charge in [0.2, 0.25) is 0 Å². The van der Waals surface area contributed by atoms with E-state index >= 15 is 0 Å². The molecule has 0 unspecified atom stereocenters. The molecule has 3 nitrogen and oxygen atoms in total. The molecule has 0 spiro atoms. The third kappa shape index (κ3) is 2.90. The van der Waals surface area contributed by atoms with E-state index in [1.807, 2.05) is 0 Å². The first-order valence-corrected chi connectivity index (χ1v) is 6.35. The van der Waals surface area contributed by atoms with Crippen molar-refractivity contribution in [3.8, 4) is 0 Å². The van der Waals surface area contributed by atoms with E-state index in [1.54, 1.807) is 0 Å². The van der Waals surface area contributed by atoms with Gasteiger partial charge in [0.1, 0.15) is 5.76 Å². The van der Waals surface area contributed by atoms with E-state index in [9.17, 15) is 21.6 Å². The molecule has 0 aromatic carbocycles. The first-order chi connectivity index (χ1) is 7.28. The second-order valence-electron chi connectivity index (χ2n) is 3.66. The Morgan fingerprint density at radius 3 is 2.19 bits per heavy atom. The third-order valence-electron chi connectivity index (χ3n) is 2.53. The number of rotatable bonds is 3. The molecule has 0 atom stereocenters. The SMILES string of the molecule is CC=C(OS(=O)(=O)C(F)(F)F)C1CCCC1. The topological polar surface area (TPSA) is 43.4 Å². The summed E-state index contributed by atoms with van der Waals surface area (Å²) in [6, 6.07) is 0. The van der Waals surface area contributed by atoms with Crippen LogP contribution in [0.5, 0.6) is 0 Å². The van der Waals surface area contributed by atoms with Crippen LogP contribution in [0.25, 0.3) is 0 Å². The lowest BCUT2D eigenvalue weighted by Gasteiger charge is -2.16. The molecule has 0 aromatic rings. The Labute approximate surface area is 92.4 Å². The molecule has 0 bridgehead atoms. The molecule has 1 rings (SSSR count). The van der Waals surface area contributed by atoms with Crippen molar-refractivity contribution in [2.24, 2.45) is 5.92 Å². The third-order valence-corrected chi connectivity index (χ3v) is 3.51. The van der Waals surface area contributed by atoms with Crippen molar-refractivity contribution in [1.29, 1.82) is 0 Å². The van der Waals surface area contributed by atoms with Crippen LogP contribution in [-0.2, 0) is 14.3 Å². The van der Waals surface area contributed by atoms with E-state index in [-0.39, 0.29) is 11.7 Å². The second-order valence-corrected chi connectivity index (χ2v) is 5.19. The average Bonchev–Trinajstić information content (AvgIpc) is 2.65. The van der Waals surface area contributed by atoms with Crippen LogP contribution >= 0.6 is 0 Å². The molecule has 0 heterocycles. The van der Waals surface area contributed by atoms with E-state index in [1.165, 1.54) is 13.0 Å². The van der Waals surface area contributed by atoms with Crippen LogP contribution in [0, 0.1) is 5.92 Å². The lowest BCUT2D eigenvalue weighted by molar-refractivity contribution is -0.0526. The number of hydrogen-bond acceptors (Lipinski definition) is 3. The van der Waals surface area contributed by atoms with Gasteiger partial charge in [0.25, 0.3) is 0 Å². The van der Waals surface area contributed by atoms with Gasteiger partial charge in [-0.05, 0) is 25.8 Å². The Bertz CT molecular complexity index is 364. The molecule has 0 saturated heterocycles. The zero-order chi connectivity index (χ0) is 12.4. The zero-order valence-corrected chi connectivity index (χ0v) is 9.57. The van der Waals surface area contributed by atoms with Crippen molar-refractivity contribution in [2.45, 2.75) is 38.1 Å². The number of allylic oxidation sites excluding steroid dienone is 2. The highest BCUT2D eigenvalue weighted by Gasteiger charge is 2.49. The van der Waals surface area contributed by atoms with Crippen molar-refractivity contribution in [3.05, 3.63) is 11.8 Å². The Balaban J connectivity index is 2.79.